The molecule has 3 aromatic carbocycles. The summed E-state index contributed by atoms with van der Waals surface area (Å²) < 4.78 is 27.7. The number of halogens is 2. The second-order valence-corrected chi connectivity index (χ2v) is 9.77. The van der Waals surface area contributed by atoms with Crippen molar-refractivity contribution in [3.63, 3.8) is 0 Å². The zero-order chi connectivity index (χ0) is 23.3. The number of nitrogens with zero attached hydrogens (tertiary/aromatic N) is 2. The van der Waals surface area contributed by atoms with E-state index in [0.29, 0.717) is 21.3 Å². The number of sulfonamides is 1. The SMILES string of the molecule is Cc1ccc(N(CC(=O)N/N=C\c2c(Cl)cccc2Cl)S(=O)(=O)c2ccc(C)cc2)cc1. The summed E-state index contributed by atoms with van der Waals surface area (Å²) in [5, 5.41) is 4.62. The van der Waals surface area contributed by atoms with Gasteiger partial charge in [0.15, 0.2) is 0 Å². The number of carbonyl (C=O) groups is 1. The van der Waals surface area contributed by atoms with Crippen LogP contribution in [0.15, 0.2) is 76.7 Å². The van der Waals surface area contributed by atoms with Crippen LogP contribution in [0.25, 0.3) is 0 Å². The van der Waals surface area contributed by atoms with Gasteiger partial charge in [-0.3, -0.25) is 9.10 Å². The van der Waals surface area contributed by atoms with E-state index in [1.165, 1.54) is 18.3 Å². The van der Waals surface area contributed by atoms with Crippen LogP contribution in [0.5, 0.6) is 0 Å². The highest BCUT2D eigenvalue weighted by atomic mass is 35.5. The molecule has 0 saturated carbocycles. The van der Waals surface area contributed by atoms with Crippen LogP contribution in [0.4, 0.5) is 5.69 Å². The van der Waals surface area contributed by atoms with Gasteiger partial charge >= 0.3 is 0 Å². The van der Waals surface area contributed by atoms with Gasteiger partial charge in [0.25, 0.3) is 15.9 Å². The van der Waals surface area contributed by atoms with Gasteiger partial charge < -0.3 is 0 Å². The maximum Gasteiger partial charge on any atom is 0.264 e. The third kappa shape index (κ3) is 5.68. The number of hydrogen-bond donors (Lipinski definition) is 1. The molecular weight excluding hydrogens is 469 g/mol. The molecule has 3 aromatic rings. The highest BCUT2D eigenvalue weighted by Crippen LogP contribution is 2.24. The molecule has 0 fully saturated rings. The smallest absolute Gasteiger partial charge is 0.264 e. The minimum Gasteiger partial charge on any atom is -0.271 e. The molecule has 0 aliphatic rings. The minimum absolute atomic E-state index is 0.0859. The van der Waals surface area contributed by atoms with Crippen molar-refractivity contribution < 1.29 is 13.2 Å². The number of carbonyl (C=O) groups excluding carboxylic acids is 1. The molecule has 9 heteroatoms. The van der Waals surface area contributed by atoms with E-state index in [1.54, 1.807) is 54.6 Å². The number of benzene rings is 3. The monoisotopic (exact) mass is 489 g/mol. The molecule has 0 radical (unpaired) electrons. The van der Waals surface area contributed by atoms with Gasteiger partial charge in [0.05, 0.1) is 26.8 Å². The average Bonchev–Trinajstić information content (AvgIpc) is 2.75. The van der Waals surface area contributed by atoms with Crippen LogP contribution in [0.2, 0.25) is 10.0 Å². The fourth-order valence-electron chi connectivity index (χ4n) is 2.83. The van der Waals surface area contributed by atoms with E-state index < -0.39 is 22.5 Å². The lowest BCUT2D eigenvalue weighted by Gasteiger charge is -2.24. The lowest BCUT2D eigenvalue weighted by molar-refractivity contribution is -0.119. The minimum atomic E-state index is -3.99. The molecule has 0 saturated heterocycles. The largest absolute Gasteiger partial charge is 0.271 e. The van der Waals surface area contributed by atoms with Crippen molar-refractivity contribution in [1.29, 1.82) is 0 Å². The molecule has 0 bridgehead atoms. The van der Waals surface area contributed by atoms with Gasteiger partial charge in [-0.15, -0.1) is 0 Å². The van der Waals surface area contributed by atoms with Gasteiger partial charge in [-0.1, -0.05) is 64.7 Å². The molecular formula is C23H21Cl2N3O3S. The second-order valence-electron chi connectivity index (χ2n) is 7.09. The van der Waals surface area contributed by atoms with Crippen molar-refractivity contribution >= 4 is 51.0 Å². The molecule has 32 heavy (non-hydrogen) atoms. The summed E-state index contributed by atoms with van der Waals surface area (Å²) in [5.41, 5.74) is 5.04. The molecule has 166 valence electrons. The Morgan fingerprint density at radius 2 is 1.47 bits per heavy atom. The average molecular weight is 490 g/mol. The Hall–Kier alpha value is -2.87. The Bertz CT molecular complexity index is 1220. The number of amides is 1. The maximum absolute atomic E-state index is 13.3. The predicted octanol–water partition coefficient (Wildman–Crippen LogP) is 4.96. The highest BCUT2D eigenvalue weighted by molar-refractivity contribution is 7.92. The van der Waals surface area contributed by atoms with Gasteiger partial charge in [-0.2, -0.15) is 5.10 Å². The molecule has 0 aromatic heterocycles. The topological polar surface area (TPSA) is 78.8 Å². The van der Waals surface area contributed by atoms with Crippen molar-refractivity contribution in [3.8, 4) is 0 Å². The summed E-state index contributed by atoms with van der Waals surface area (Å²) in [5.74, 6) is -0.624. The Morgan fingerprint density at radius 3 is 2.03 bits per heavy atom. The Kier molecular flexibility index (Phi) is 7.56. The lowest BCUT2D eigenvalue weighted by Crippen LogP contribution is -2.39. The first kappa shape index (κ1) is 23.8. The van der Waals surface area contributed by atoms with Crippen LogP contribution in [0.1, 0.15) is 16.7 Å². The van der Waals surface area contributed by atoms with Crippen LogP contribution in [-0.4, -0.2) is 27.1 Å². The second kappa shape index (κ2) is 10.2. The number of nitrogens with one attached hydrogen (secondary N) is 1. The highest BCUT2D eigenvalue weighted by Gasteiger charge is 2.27. The van der Waals surface area contributed by atoms with Gasteiger partial charge in [0.1, 0.15) is 6.54 Å². The van der Waals surface area contributed by atoms with Crippen LogP contribution >= 0.6 is 23.2 Å². The van der Waals surface area contributed by atoms with Gasteiger partial charge in [0, 0.05) is 5.56 Å². The summed E-state index contributed by atoms with van der Waals surface area (Å²) in [6.45, 7) is 3.29. The normalized spacial score (nSPS) is 11.5. The fraction of sp³-hybridized carbons (Fsp3) is 0.130. The zero-order valence-electron chi connectivity index (χ0n) is 17.4. The molecule has 0 atom stereocenters. The van der Waals surface area contributed by atoms with Crippen LogP contribution in [-0.2, 0) is 14.8 Å². The van der Waals surface area contributed by atoms with E-state index in [-0.39, 0.29) is 4.90 Å². The van der Waals surface area contributed by atoms with Crippen molar-refractivity contribution in [2.45, 2.75) is 18.7 Å². The van der Waals surface area contributed by atoms with E-state index in [4.69, 9.17) is 23.2 Å². The molecule has 3 rings (SSSR count). The standard InChI is InChI=1S/C23H21Cl2N3O3S/c1-16-6-10-18(11-7-16)28(32(30,31)19-12-8-17(2)9-13-19)15-23(29)27-26-14-20-21(24)4-3-5-22(20)25/h3-14H,15H2,1-2H3,(H,27,29)/b26-14-. The first-order valence-electron chi connectivity index (χ1n) is 9.60. The van der Waals surface area contributed by atoms with Crippen molar-refractivity contribution in [1.82, 2.24) is 5.43 Å². The maximum atomic E-state index is 13.3. The van der Waals surface area contributed by atoms with Gasteiger partial charge in [-0.05, 0) is 50.2 Å². The molecule has 0 unspecified atom stereocenters. The van der Waals surface area contributed by atoms with Crippen molar-refractivity contribution in [3.05, 3.63) is 93.5 Å². The Balaban J connectivity index is 1.85. The summed E-state index contributed by atoms with van der Waals surface area (Å²) in [6.07, 6.45) is 1.31. The van der Waals surface area contributed by atoms with E-state index in [2.05, 4.69) is 10.5 Å². The van der Waals surface area contributed by atoms with E-state index in [0.717, 1.165) is 15.4 Å². The van der Waals surface area contributed by atoms with Crippen molar-refractivity contribution in [2.24, 2.45) is 5.10 Å². The molecule has 0 aliphatic carbocycles. The number of anilines is 1. The third-order valence-electron chi connectivity index (χ3n) is 4.60. The molecule has 1 N–H and O–H groups in total. The zero-order valence-corrected chi connectivity index (χ0v) is 19.7. The number of aryl methyl sites for hydroxylation is 2. The van der Waals surface area contributed by atoms with Crippen LogP contribution in [0.3, 0.4) is 0 Å². The van der Waals surface area contributed by atoms with E-state index in [1.807, 2.05) is 13.8 Å². The van der Waals surface area contributed by atoms with Gasteiger partial charge in [-0.25, -0.2) is 13.8 Å². The molecule has 6 nitrogen and oxygen atoms in total. The Labute approximate surface area is 197 Å². The van der Waals surface area contributed by atoms with Gasteiger partial charge in [0.2, 0.25) is 0 Å². The predicted molar refractivity (Wildman–Crippen MR) is 129 cm³/mol. The van der Waals surface area contributed by atoms with E-state index in [9.17, 15) is 13.2 Å². The molecule has 1 amide bonds. The number of hydrazone groups is 1. The molecule has 0 aliphatic heterocycles. The number of hydrogen-bond acceptors (Lipinski definition) is 4. The van der Waals surface area contributed by atoms with E-state index >= 15 is 0 Å². The van der Waals surface area contributed by atoms with Crippen LogP contribution < -0.4 is 9.73 Å². The Morgan fingerprint density at radius 1 is 0.938 bits per heavy atom. The summed E-state index contributed by atoms with van der Waals surface area (Å²) in [4.78, 5) is 12.7. The number of rotatable bonds is 7. The first-order chi connectivity index (χ1) is 15.2. The first-order valence-corrected chi connectivity index (χ1v) is 11.8. The summed E-state index contributed by atoms with van der Waals surface area (Å²) in [7, 11) is -3.99. The third-order valence-corrected chi connectivity index (χ3v) is 7.05. The summed E-state index contributed by atoms with van der Waals surface area (Å²) >= 11 is 12.2. The molecule has 0 spiro atoms. The lowest BCUT2D eigenvalue weighted by atomic mass is 10.2. The summed E-state index contributed by atoms with van der Waals surface area (Å²) in [6, 6.07) is 18.3. The van der Waals surface area contributed by atoms with Crippen molar-refractivity contribution in [2.75, 3.05) is 10.8 Å². The quantitative estimate of drug-likeness (QED) is 0.376. The molecule has 0 heterocycles. The fourth-order valence-corrected chi connectivity index (χ4v) is 4.75. The van der Waals surface area contributed by atoms with Crippen LogP contribution in [0, 0.1) is 13.8 Å².